The largest absolute Gasteiger partial charge is 0.384 e. The molecule has 0 aliphatic rings. The van der Waals surface area contributed by atoms with Crippen LogP contribution in [0.4, 0.5) is 5.69 Å². The van der Waals surface area contributed by atoms with Crippen molar-refractivity contribution in [2.45, 2.75) is 31.8 Å². The molecule has 1 unspecified atom stereocenters. The van der Waals surface area contributed by atoms with Gasteiger partial charge in [0, 0.05) is 32.1 Å². The summed E-state index contributed by atoms with van der Waals surface area (Å²) >= 11 is 0. The van der Waals surface area contributed by atoms with Crippen LogP contribution in [0, 0.1) is 0 Å². The lowest BCUT2D eigenvalue weighted by molar-refractivity contribution is 0.0799. The van der Waals surface area contributed by atoms with Crippen LogP contribution in [0.5, 0.6) is 0 Å². The average Bonchev–Trinajstić information content (AvgIpc) is 2.38. The van der Waals surface area contributed by atoms with Gasteiger partial charge in [0.05, 0.1) is 11.8 Å². The second-order valence-corrected chi connectivity index (χ2v) is 5.76. The molecule has 0 aliphatic carbocycles. The Morgan fingerprint density at radius 1 is 1.42 bits per heavy atom. The van der Waals surface area contributed by atoms with Gasteiger partial charge in [-0.15, -0.1) is 0 Å². The van der Waals surface area contributed by atoms with Gasteiger partial charge in [0.2, 0.25) is 10.0 Å². The van der Waals surface area contributed by atoms with E-state index >= 15 is 0 Å². The van der Waals surface area contributed by atoms with Gasteiger partial charge in [0.1, 0.15) is 4.90 Å². The maximum absolute atomic E-state index is 12.2. The first-order valence-corrected chi connectivity index (χ1v) is 7.78. The van der Waals surface area contributed by atoms with E-state index in [0.717, 1.165) is 0 Å². The molecule has 0 aliphatic heterocycles. The Kier molecular flexibility index (Phi) is 6.20. The molecule has 1 atom stereocenters. The number of hydrogen-bond acceptors (Lipinski definition) is 5. The summed E-state index contributed by atoms with van der Waals surface area (Å²) in [6.07, 6.45) is 2.73. The number of pyridine rings is 1. The smallest absolute Gasteiger partial charge is 0.244 e. The predicted octanol–water partition coefficient (Wildman–Crippen LogP) is 1.22. The fourth-order valence-electron chi connectivity index (χ4n) is 1.58. The predicted molar refractivity (Wildman–Crippen MR) is 74.7 cm³/mol. The fraction of sp³-hybridized carbons (Fsp3) is 0.583. The molecule has 0 radical (unpaired) electrons. The van der Waals surface area contributed by atoms with E-state index in [1.807, 2.05) is 20.8 Å². The van der Waals surface area contributed by atoms with Gasteiger partial charge in [-0.05, 0) is 26.8 Å². The molecule has 0 amide bonds. The zero-order chi connectivity index (χ0) is 14.3. The zero-order valence-electron chi connectivity index (χ0n) is 11.5. The molecular formula is C12H21N3O3S. The molecular weight excluding hydrogens is 266 g/mol. The minimum absolute atomic E-state index is 0.153. The molecule has 1 rings (SSSR count). The Labute approximate surface area is 114 Å². The highest BCUT2D eigenvalue weighted by Gasteiger charge is 2.19. The third-order valence-electron chi connectivity index (χ3n) is 2.45. The lowest BCUT2D eigenvalue weighted by atomic mass is 10.4. The molecule has 0 aromatic carbocycles. The number of nitrogens with one attached hydrogen (secondary N) is 2. The highest BCUT2D eigenvalue weighted by Crippen LogP contribution is 2.18. The van der Waals surface area contributed by atoms with Crippen LogP contribution in [0.25, 0.3) is 0 Å². The van der Waals surface area contributed by atoms with Crippen LogP contribution in [0.1, 0.15) is 20.8 Å². The number of hydrogen-bond donors (Lipinski definition) is 2. The Morgan fingerprint density at radius 2 is 2.16 bits per heavy atom. The van der Waals surface area contributed by atoms with Crippen LogP contribution < -0.4 is 10.0 Å². The summed E-state index contributed by atoms with van der Waals surface area (Å²) < 4.78 is 32.2. The molecule has 1 aromatic heterocycles. The number of ether oxygens (including phenoxy) is 1. The highest BCUT2D eigenvalue weighted by molar-refractivity contribution is 7.89. The van der Waals surface area contributed by atoms with Crippen molar-refractivity contribution in [3.8, 4) is 0 Å². The lowest BCUT2D eigenvalue weighted by Crippen LogP contribution is -2.32. The first-order valence-electron chi connectivity index (χ1n) is 6.30. The quantitative estimate of drug-likeness (QED) is 0.751. The summed E-state index contributed by atoms with van der Waals surface area (Å²) in [5.41, 5.74) is 0.550. The molecule has 7 heteroatoms. The third kappa shape index (κ3) is 4.77. The van der Waals surface area contributed by atoms with Crippen molar-refractivity contribution in [3.05, 3.63) is 18.5 Å². The first-order chi connectivity index (χ1) is 9.01. The van der Waals surface area contributed by atoms with E-state index in [2.05, 4.69) is 15.0 Å². The molecule has 6 nitrogen and oxygen atoms in total. The van der Waals surface area contributed by atoms with Gasteiger partial charge in [-0.2, -0.15) is 0 Å². The number of anilines is 1. The SMILES string of the molecule is CCNc1ccncc1S(=O)(=O)NCC(C)OCC. The van der Waals surface area contributed by atoms with Gasteiger partial charge < -0.3 is 10.1 Å². The van der Waals surface area contributed by atoms with E-state index in [4.69, 9.17) is 4.74 Å². The van der Waals surface area contributed by atoms with Crippen LogP contribution in [0.15, 0.2) is 23.4 Å². The molecule has 0 saturated heterocycles. The van der Waals surface area contributed by atoms with Crippen LogP contribution >= 0.6 is 0 Å². The first kappa shape index (κ1) is 15.9. The Bertz CT molecular complexity index is 491. The number of rotatable bonds is 8. The van der Waals surface area contributed by atoms with Crippen molar-refractivity contribution in [1.82, 2.24) is 9.71 Å². The van der Waals surface area contributed by atoms with E-state index in [0.29, 0.717) is 18.8 Å². The summed E-state index contributed by atoms with van der Waals surface area (Å²) in [5.74, 6) is 0. The average molecular weight is 287 g/mol. The molecule has 0 spiro atoms. The summed E-state index contributed by atoms with van der Waals surface area (Å²) in [4.78, 5) is 4.02. The number of sulfonamides is 1. The van der Waals surface area contributed by atoms with Crippen molar-refractivity contribution in [2.75, 3.05) is 25.0 Å². The van der Waals surface area contributed by atoms with Crippen molar-refractivity contribution in [1.29, 1.82) is 0 Å². The van der Waals surface area contributed by atoms with E-state index in [1.165, 1.54) is 6.20 Å². The molecule has 1 aromatic rings. The molecule has 2 N–H and O–H groups in total. The van der Waals surface area contributed by atoms with Gasteiger partial charge >= 0.3 is 0 Å². The van der Waals surface area contributed by atoms with Crippen LogP contribution in [-0.4, -0.2) is 39.2 Å². The van der Waals surface area contributed by atoms with Crippen LogP contribution in [0.2, 0.25) is 0 Å². The van der Waals surface area contributed by atoms with E-state index in [1.54, 1.807) is 12.3 Å². The second-order valence-electron chi connectivity index (χ2n) is 4.02. The summed E-state index contributed by atoms with van der Waals surface area (Å²) in [6.45, 7) is 7.02. The van der Waals surface area contributed by atoms with Gasteiger partial charge in [-0.1, -0.05) is 0 Å². The third-order valence-corrected chi connectivity index (χ3v) is 3.90. The summed E-state index contributed by atoms with van der Waals surface area (Å²) in [5, 5.41) is 3.00. The summed E-state index contributed by atoms with van der Waals surface area (Å²) in [7, 11) is -3.58. The monoisotopic (exact) mass is 287 g/mol. The van der Waals surface area contributed by atoms with Gasteiger partial charge in [0.15, 0.2) is 0 Å². The van der Waals surface area contributed by atoms with Crippen LogP contribution in [0.3, 0.4) is 0 Å². The van der Waals surface area contributed by atoms with Crippen LogP contribution in [-0.2, 0) is 14.8 Å². The van der Waals surface area contributed by atoms with E-state index in [9.17, 15) is 8.42 Å². The van der Waals surface area contributed by atoms with Gasteiger partial charge in [-0.3, -0.25) is 4.98 Å². The number of aromatic nitrogens is 1. The lowest BCUT2D eigenvalue weighted by Gasteiger charge is -2.15. The van der Waals surface area contributed by atoms with Crippen molar-refractivity contribution < 1.29 is 13.2 Å². The van der Waals surface area contributed by atoms with Gasteiger partial charge in [0.25, 0.3) is 0 Å². The van der Waals surface area contributed by atoms with Gasteiger partial charge in [-0.25, -0.2) is 13.1 Å². The minimum atomic E-state index is -3.58. The zero-order valence-corrected chi connectivity index (χ0v) is 12.3. The maximum Gasteiger partial charge on any atom is 0.244 e. The molecule has 1 heterocycles. The van der Waals surface area contributed by atoms with E-state index in [-0.39, 0.29) is 17.5 Å². The molecule has 0 saturated carbocycles. The number of nitrogens with zero attached hydrogens (tertiary/aromatic N) is 1. The maximum atomic E-state index is 12.2. The molecule has 108 valence electrons. The van der Waals surface area contributed by atoms with Crippen molar-refractivity contribution in [2.24, 2.45) is 0 Å². The summed E-state index contributed by atoms with van der Waals surface area (Å²) in [6, 6.07) is 1.64. The molecule has 19 heavy (non-hydrogen) atoms. The second kappa shape index (κ2) is 7.42. The van der Waals surface area contributed by atoms with Crippen molar-refractivity contribution >= 4 is 15.7 Å². The normalized spacial score (nSPS) is 13.2. The molecule has 0 fully saturated rings. The molecule has 0 bridgehead atoms. The van der Waals surface area contributed by atoms with E-state index < -0.39 is 10.0 Å². The standard InChI is InChI=1S/C12H21N3O3S/c1-4-14-11-6-7-13-9-12(11)19(16,17)15-8-10(3)18-5-2/h6-7,9-10,15H,4-5,8H2,1-3H3,(H,13,14). The minimum Gasteiger partial charge on any atom is -0.384 e. The highest BCUT2D eigenvalue weighted by atomic mass is 32.2. The fourth-order valence-corrected chi connectivity index (χ4v) is 2.82. The Balaban J connectivity index is 2.82. The Morgan fingerprint density at radius 3 is 2.79 bits per heavy atom. The van der Waals surface area contributed by atoms with Crippen molar-refractivity contribution in [3.63, 3.8) is 0 Å². The Hall–Kier alpha value is -1.18. The topological polar surface area (TPSA) is 80.3 Å².